The topological polar surface area (TPSA) is 29.1 Å². The van der Waals surface area contributed by atoms with Crippen molar-refractivity contribution >= 4 is 17.5 Å². The van der Waals surface area contributed by atoms with Crippen LogP contribution >= 0.6 is 11.6 Å². The van der Waals surface area contributed by atoms with Gasteiger partial charge in [-0.15, -0.1) is 0 Å². The van der Waals surface area contributed by atoms with E-state index < -0.39 is 23.2 Å². The minimum atomic E-state index is -4.56. The number of benzene rings is 2. The number of carbonyl (C=O) groups is 1. The van der Waals surface area contributed by atoms with Crippen LogP contribution in [0.4, 0.5) is 13.2 Å². The van der Waals surface area contributed by atoms with Crippen LogP contribution in [0.15, 0.2) is 48.5 Å². The summed E-state index contributed by atoms with van der Waals surface area (Å²) < 4.78 is 39.1. The van der Waals surface area contributed by atoms with E-state index in [1.165, 1.54) is 18.2 Å². The molecule has 3 rings (SSSR count). The van der Waals surface area contributed by atoms with Crippen molar-refractivity contribution in [2.75, 3.05) is 0 Å². The summed E-state index contributed by atoms with van der Waals surface area (Å²) >= 11 is 5.86. The van der Waals surface area contributed by atoms with Crippen molar-refractivity contribution in [2.45, 2.75) is 31.0 Å². The molecule has 2 aromatic rings. The van der Waals surface area contributed by atoms with E-state index in [2.05, 4.69) is 5.32 Å². The Bertz CT molecular complexity index is 773. The lowest BCUT2D eigenvalue weighted by molar-refractivity contribution is -0.137. The second-order valence-electron chi connectivity index (χ2n) is 6.22. The van der Waals surface area contributed by atoms with Crippen molar-refractivity contribution in [3.63, 3.8) is 0 Å². The maximum absolute atomic E-state index is 13.0. The summed E-state index contributed by atoms with van der Waals surface area (Å²) in [5.41, 5.74) is -0.821. The van der Waals surface area contributed by atoms with E-state index >= 15 is 0 Å². The Balaban J connectivity index is 1.78. The maximum atomic E-state index is 13.0. The molecule has 0 saturated heterocycles. The molecule has 0 aliphatic heterocycles. The molecule has 1 N–H and O–H groups in total. The predicted molar refractivity (Wildman–Crippen MR) is 86.1 cm³/mol. The first-order chi connectivity index (χ1) is 11.2. The minimum Gasteiger partial charge on any atom is -0.346 e. The Morgan fingerprint density at radius 1 is 1.17 bits per heavy atom. The SMILES string of the molecule is C[C@@]1(NC(=O)c2ccccc2C(F)(F)F)C[C@H]1c1ccc(Cl)cc1. The molecule has 1 amide bonds. The fourth-order valence-corrected chi connectivity index (χ4v) is 3.07. The molecule has 0 bridgehead atoms. The molecule has 1 fully saturated rings. The highest BCUT2D eigenvalue weighted by Gasteiger charge is 2.52. The zero-order chi connectivity index (χ0) is 17.5. The van der Waals surface area contributed by atoms with Gasteiger partial charge in [0.05, 0.1) is 11.1 Å². The zero-order valence-corrected chi connectivity index (χ0v) is 13.6. The fraction of sp³-hybridized carbons (Fsp3) is 0.278. The van der Waals surface area contributed by atoms with Gasteiger partial charge in [-0.25, -0.2) is 0 Å². The van der Waals surface area contributed by atoms with Gasteiger partial charge in [0.2, 0.25) is 0 Å². The Morgan fingerprint density at radius 3 is 2.42 bits per heavy atom. The molecule has 0 heterocycles. The summed E-state index contributed by atoms with van der Waals surface area (Å²) in [6.07, 6.45) is -3.89. The van der Waals surface area contributed by atoms with Gasteiger partial charge < -0.3 is 5.32 Å². The number of carbonyl (C=O) groups excluding carboxylic acids is 1. The highest BCUT2D eigenvalue weighted by Crippen LogP contribution is 2.51. The summed E-state index contributed by atoms with van der Waals surface area (Å²) in [7, 11) is 0. The molecule has 2 nitrogen and oxygen atoms in total. The van der Waals surface area contributed by atoms with E-state index in [-0.39, 0.29) is 11.5 Å². The molecule has 0 radical (unpaired) electrons. The van der Waals surface area contributed by atoms with Gasteiger partial charge in [0, 0.05) is 16.5 Å². The summed E-state index contributed by atoms with van der Waals surface area (Å²) in [5, 5.41) is 3.37. The molecule has 2 aromatic carbocycles. The van der Waals surface area contributed by atoms with Crippen molar-refractivity contribution in [1.82, 2.24) is 5.32 Å². The molecule has 0 aromatic heterocycles. The number of rotatable bonds is 3. The van der Waals surface area contributed by atoms with E-state index in [0.717, 1.165) is 11.6 Å². The van der Waals surface area contributed by atoms with Gasteiger partial charge in [0.25, 0.3) is 5.91 Å². The van der Waals surface area contributed by atoms with Crippen LogP contribution in [0.1, 0.15) is 40.7 Å². The largest absolute Gasteiger partial charge is 0.417 e. The van der Waals surface area contributed by atoms with Crippen molar-refractivity contribution in [3.05, 3.63) is 70.2 Å². The first-order valence-corrected chi connectivity index (χ1v) is 7.83. The molecule has 1 aliphatic carbocycles. The molecule has 6 heteroatoms. The molecule has 1 saturated carbocycles. The van der Waals surface area contributed by atoms with Crippen LogP contribution in [0.5, 0.6) is 0 Å². The molecule has 24 heavy (non-hydrogen) atoms. The molecule has 1 aliphatic rings. The average molecular weight is 354 g/mol. The number of amides is 1. The number of nitrogens with one attached hydrogen (secondary N) is 1. The van der Waals surface area contributed by atoms with Crippen molar-refractivity contribution in [2.24, 2.45) is 0 Å². The third-order valence-electron chi connectivity index (χ3n) is 4.39. The fourth-order valence-electron chi connectivity index (χ4n) is 2.94. The van der Waals surface area contributed by atoms with Crippen LogP contribution in [0, 0.1) is 0 Å². The summed E-state index contributed by atoms with van der Waals surface area (Å²) in [5.74, 6) is -0.640. The normalized spacial score (nSPS) is 23.0. The van der Waals surface area contributed by atoms with Gasteiger partial charge in [-0.05, 0) is 43.2 Å². The van der Waals surface area contributed by atoms with Crippen molar-refractivity contribution in [3.8, 4) is 0 Å². The van der Waals surface area contributed by atoms with E-state index in [9.17, 15) is 18.0 Å². The molecule has 126 valence electrons. The van der Waals surface area contributed by atoms with E-state index in [4.69, 9.17) is 11.6 Å². The second kappa shape index (κ2) is 5.81. The van der Waals surface area contributed by atoms with Gasteiger partial charge in [-0.3, -0.25) is 4.79 Å². The third kappa shape index (κ3) is 3.26. The Kier molecular flexibility index (Phi) is 4.08. The Morgan fingerprint density at radius 2 is 1.79 bits per heavy atom. The number of hydrogen-bond donors (Lipinski definition) is 1. The first kappa shape index (κ1) is 16.8. The standard InChI is InChI=1S/C18H15ClF3NO/c1-17(10-15(17)11-6-8-12(19)9-7-11)23-16(24)13-4-2-3-5-14(13)18(20,21)22/h2-9,15H,10H2,1H3,(H,23,24)/t15-,17+/m0/s1. The highest BCUT2D eigenvalue weighted by molar-refractivity contribution is 6.30. The molecule has 0 unspecified atom stereocenters. The average Bonchev–Trinajstić information content (AvgIpc) is 3.18. The zero-order valence-electron chi connectivity index (χ0n) is 12.8. The molecular formula is C18H15ClF3NO. The monoisotopic (exact) mass is 353 g/mol. The van der Waals surface area contributed by atoms with Gasteiger partial charge in [-0.2, -0.15) is 13.2 Å². The van der Waals surface area contributed by atoms with Gasteiger partial charge in [-0.1, -0.05) is 35.9 Å². The maximum Gasteiger partial charge on any atom is 0.417 e. The number of hydrogen-bond acceptors (Lipinski definition) is 1. The minimum absolute atomic E-state index is 0.0664. The number of halogens is 4. The van der Waals surface area contributed by atoms with Crippen LogP contribution in [0.25, 0.3) is 0 Å². The van der Waals surface area contributed by atoms with Crippen molar-refractivity contribution < 1.29 is 18.0 Å². The summed E-state index contributed by atoms with van der Waals surface area (Å²) in [4.78, 5) is 12.4. The van der Waals surface area contributed by atoms with E-state index in [0.29, 0.717) is 11.4 Å². The second-order valence-corrected chi connectivity index (χ2v) is 6.66. The van der Waals surface area contributed by atoms with Gasteiger partial charge in [0.1, 0.15) is 0 Å². The van der Waals surface area contributed by atoms with Crippen LogP contribution in [0.3, 0.4) is 0 Å². The lowest BCUT2D eigenvalue weighted by Crippen LogP contribution is -2.36. The van der Waals surface area contributed by atoms with Crippen LogP contribution in [0.2, 0.25) is 5.02 Å². The van der Waals surface area contributed by atoms with Crippen LogP contribution in [-0.2, 0) is 6.18 Å². The van der Waals surface area contributed by atoms with E-state index in [1.54, 1.807) is 12.1 Å². The van der Waals surface area contributed by atoms with Gasteiger partial charge in [0.15, 0.2) is 0 Å². The molecule has 0 spiro atoms. The quantitative estimate of drug-likeness (QED) is 0.823. The third-order valence-corrected chi connectivity index (χ3v) is 4.64. The van der Waals surface area contributed by atoms with E-state index in [1.807, 2.05) is 19.1 Å². The summed E-state index contributed by atoms with van der Waals surface area (Å²) in [6, 6.07) is 12.1. The van der Waals surface area contributed by atoms with Crippen LogP contribution in [-0.4, -0.2) is 11.4 Å². The Hall–Kier alpha value is -2.01. The first-order valence-electron chi connectivity index (χ1n) is 7.45. The lowest BCUT2D eigenvalue weighted by atomic mass is 10.0. The van der Waals surface area contributed by atoms with Crippen molar-refractivity contribution in [1.29, 1.82) is 0 Å². The molecular weight excluding hydrogens is 339 g/mol. The predicted octanol–water partition coefficient (Wildman–Crippen LogP) is 5.03. The smallest absolute Gasteiger partial charge is 0.346 e. The van der Waals surface area contributed by atoms with Crippen LogP contribution < -0.4 is 5.32 Å². The Labute approximate surface area is 142 Å². The summed E-state index contributed by atoms with van der Waals surface area (Å²) in [6.45, 7) is 1.83. The highest BCUT2D eigenvalue weighted by atomic mass is 35.5. The molecule has 2 atom stereocenters. The lowest BCUT2D eigenvalue weighted by Gasteiger charge is -2.17. The van der Waals surface area contributed by atoms with Gasteiger partial charge >= 0.3 is 6.18 Å². The number of alkyl halides is 3.